The summed E-state index contributed by atoms with van der Waals surface area (Å²) in [5.41, 5.74) is -0.257. The van der Waals surface area contributed by atoms with E-state index in [1.165, 1.54) is 4.90 Å². The van der Waals surface area contributed by atoms with Gasteiger partial charge >= 0.3 is 0 Å². The van der Waals surface area contributed by atoms with E-state index in [-0.39, 0.29) is 11.4 Å². The maximum Gasteiger partial charge on any atom is 0.256 e. The zero-order valence-corrected chi connectivity index (χ0v) is 9.60. The number of rotatable bonds is 4. The quantitative estimate of drug-likeness (QED) is 0.749. The summed E-state index contributed by atoms with van der Waals surface area (Å²) in [7, 11) is 0. The third kappa shape index (κ3) is 2.92. The SMILES string of the molecule is CCN(CCCl)C(=O)c1cc(F)ccc1F. The van der Waals surface area contributed by atoms with Crippen molar-refractivity contribution in [2.75, 3.05) is 19.0 Å². The van der Waals surface area contributed by atoms with Crippen LogP contribution in [0.15, 0.2) is 18.2 Å². The van der Waals surface area contributed by atoms with Gasteiger partial charge in [0.25, 0.3) is 5.91 Å². The second kappa shape index (κ2) is 5.80. The summed E-state index contributed by atoms with van der Waals surface area (Å²) >= 11 is 5.52. The molecule has 16 heavy (non-hydrogen) atoms. The third-order valence-electron chi connectivity index (χ3n) is 2.18. The molecule has 88 valence electrons. The summed E-state index contributed by atoms with van der Waals surface area (Å²) in [6, 6.07) is 2.82. The van der Waals surface area contributed by atoms with Crippen molar-refractivity contribution in [3.05, 3.63) is 35.4 Å². The number of hydrogen-bond acceptors (Lipinski definition) is 1. The van der Waals surface area contributed by atoms with Crippen molar-refractivity contribution in [1.29, 1.82) is 0 Å². The highest BCUT2D eigenvalue weighted by molar-refractivity contribution is 6.18. The minimum atomic E-state index is -0.723. The molecule has 1 aromatic rings. The van der Waals surface area contributed by atoms with Crippen LogP contribution in [-0.2, 0) is 0 Å². The summed E-state index contributed by atoms with van der Waals surface area (Å²) in [5, 5.41) is 0. The van der Waals surface area contributed by atoms with Crippen LogP contribution in [0.2, 0.25) is 0 Å². The first-order chi connectivity index (χ1) is 7.60. The monoisotopic (exact) mass is 247 g/mol. The molecule has 0 aromatic heterocycles. The van der Waals surface area contributed by atoms with Gasteiger partial charge in [-0.3, -0.25) is 4.79 Å². The molecule has 0 unspecified atom stereocenters. The number of benzene rings is 1. The normalized spacial score (nSPS) is 10.2. The Balaban J connectivity index is 2.98. The molecule has 0 radical (unpaired) electrons. The highest BCUT2D eigenvalue weighted by atomic mass is 35.5. The Morgan fingerprint density at radius 1 is 1.44 bits per heavy atom. The fourth-order valence-electron chi connectivity index (χ4n) is 1.34. The highest BCUT2D eigenvalue weighted by Gasteiger charge is 2.18. The van der Waals surface area contributed by atoms with Crippen molar-refractivity contribution in [2.45, 2.75) is 6.92 Å². The molecular formula is C11H12ClF2NO. The van der Waals surface area contributed by atoms with Gasteiger partial charge in [-0.2, -0.15) is 0 Å². The molecule has 0 aliphatic heterocycles. The van der Waals surface area contributed by atoms with Gasteiger partial charge in [0.1, 0.15) is 11.6 Å². The van der Waals surface area contributed by atoms with Gasteiger partial charge in [0.05, 0.1) is 5.56 Å². The molecule has 0 fully saturated rings. The van der Waals surface area contributed by atoms with Crippen LogP contribution in [0.5, 0.6) is 0 Å². The molecule has 0 spiro atoms. The third-order valence-corrected chi connectivity index (χ3v) is 2.35. The van der Waals surface area contributed by atoms with Crippen molar-refractivity contribution in [2.24, 2.45) is 0 Å². The molecule has 0 heterocycles. The number of nitrogens with zero attached hydrogens (tertiary/aromatic N) is 1. The molecule has 2 nitrogen and oxygen atoms in total. The van der Waals surface area contributed by atoms with Gasteiger partial charge in [0, 0.05) is 19.0 Å². The summed E-state index contributed by atoms with van der Waals surface area (Å²) in [6.07, 6.45) is 0. The van der Waals surface area contributed by atoms with Gasteiger partial charge in [0.2, 0.25) is 0 Å². The molecule has 0 saturated heterocycles. The van der Waals surface area contributed by atoms with Crippen molar-refractivity contribution in [3.8, 4) is 0 Å². The van der Waals surface area contributed by atoms with E-state index in [0.717, 1.165) is 18.2 Å². The molecule has 1 rings (SSSR count). The van der Waals surface area contributed by atoms with Crippen LogP contribution in [-0.4, -0.2) is 29.8 Å². The van der Waals surface area contributed by atoms with Gasteiger partial charge in [0.15, 0.2) is 0 Å². The van der Waals surface area contributed by atoms with E-state index in [1.54, 1.807) is 6.92 Å². The van der Waals surface area contributed by atoms with E-state index in [1.807, 2.05) is 0 Å². The molecule has 0 aliphatic carbocycles. The Morgan fingerprint density at radius 2 is 2.12 bits per heavy atom. The molecule has 1 aromatic carbocycles. The molecule has 5 heteroatoms. The van der Waals surface area contributed by atoms with Crippen LogP contribution in [0.25, 0.3) is 0 Å². The summed E-state index contributed by atoms with van der Waals surface area (Å²) < 4.78 is 26.2. The molecule has 1 amide bonds. The van der Waals surface area contributed by atoms with E-state index in [0.29, 0.717) is 13.1 Å². The Morgan fingerprint density at radius 3 is 2.69 bits per heavy atom. The van der Waals surface area contributed by atoms with Crippen LogP contribution in [0.3, 0.4) is 0 Å². The largest absolute Gasteiger partial charge is 0.338 e. The average Bonchev–Trinajstić information content (AvgIpc) is 2.28. The van der Waals surface area contributed by atoms with Crippen molar-refractivity contribution >= 4 is 17.5 Å². The molecule has 0 aliphatic rings. The standard InChI is InChI=1S/C11H12ClF2NO/c1-2-15(6-5-12)11(16)9-7-8(13)3-4-10(9)14/h3-4,7H,2,5-6H2,1H3. The Labute approximate surface area is 97.8 Å². The van der Waals surface area contributed by atoms with Gasteiger partial charge in [-0.1, -0.05) is 0 Å². The smallest absolute Gasteiger partial charge is 0.256 e. The van der Waals surface area contributed by atoms with Gasteiger partial charge in [-0.25, -0.2) is 8.78 Å². The number of carbonyl (C=O) groups is 1. The Kier molecular flexibility index (Phi) is 4.68. The van der Waals surface area contributed by atoms with Gasteiger partial charge < -0.3 is 4.90 Å². The summed E-state index contributed by atoms with van der Waals surface area (Å²) in [4.78, 5) is 13.2. The second-order valence-corrected chi connectivity index (χ2v) is 3.58. The lowest BCUT2D eigenvalue weighted by atomic mass is 10.2. The van der Waals surface area contributed by atoms with Gasteiger partial charge in [-0.05, 0) is 25.1 Å². The predicted molar refractivity (Wildman–Crippen MR) is 58.7 cm³/mol. The summed E-state index contributed by atoms with van der Waals surface area (Å²) in [5.74, 6) is -1.64. The van der Waals surface area contributed by atoms with Crippen molar-refractivity contribution in [1.82, 2.24) is 4.90 Å². The topological polar surface area (TPSA) is 20.3 Å². The molecular weight excluding hydrogens is 236 g/mol. The summed E-state index contributed by atoms with van der Waals surface area (Å²) in [6.45, 7) is 2.47. The van der Waals surface area contributed by atoms with E-state index in [9.17, 15) is 13.6 Å². The number of amides is 1. The van der Waals surface area contributed by atoms with E-state index >= 15 is 0 Å². The van der Waals surface area contributed by atoms with E-state index in [2.05, 4.69) is 0 Å². The van der Waals surface area contributed by atoms with Gasteiger partial charge in [-0.15, -0.1) is 11.6 Å². The first-order valence-corrected chi connectivity index (χ1v) is 5.44. The van der Waals surface area contributed by atoms with Crippen LogP contribution in [0, 0.1) is 11.6 Å². The Hall–Kier alpha value is -1.16. The molecule has 0 N–H and O–H groups in total. The minimum Gasteiger partial charge on any atom is -0.338 e. The lowest BCUT2D eigenvalue weighted by Gasteiger charge is -2.19. The lowest BCUT2D eigenvalue weighted by molar-refractivity contribution is 0.0769. The van der Waals surface area contributed by atoms with Crippen molar-refractivity contribution in [3.63, 3.8) is 0 Å². The second-order valence-electron chi connectivity index (χ2n) is 3.20. The maximum absolute atomic E-state index is 13.3. The zero-order valence-electron chi connectivity index (χ0n) is 8.84. The Bertz CT molecular complexity index is 384. The number of carbonyl (C=O) groups excluding carboxylic acids is 1. The zero-order chi connectivity index (χ0) is 12.1. The molecule has 0 atom stereocenters. The van der Waals surface area contributed by atoms with E-state index in [4.69, 9.17) is 11.6 Å². The number of halogens is 3. The fraction of sp³-hybridized carbons (Fsp3) is 0.364. The van der Waals surface area contributed by atoms with Crippen LogP contribution in [0.1, 0.15) is 17.3 Å². The number of hydrogen-bond donors (Lipinski definition) is 0. The highest BCUT2D eigenvalue weighted by Crippen LogP contribution is 2.12. The number of alkyl halides is 1. The first-order valence-electron chi connectivity index (χ1n) is 4.90. The van der Waals surface area contributed by atoms with E-state index < -0.39 is 17.5 Å². The van der Waals surface area contributed by atoms with Crippen LogP contribution >= 0.6 is 11.6 Å². The maximum atomic E-state index is 13.3. The average molecular weight is 248 g/mol. The van der Waals surface area contributed by atoms with Crippen LogP contribution < -0.4 is 0 Å². The predicted octanol–water partition coefficient (Wildman–Crippen LogP) is 2.67. The van der Waals surface area contributed by atoms with Crippen LogP contribution in [0.4, 0.5) is 8.78 Å². The minimum absolute atomic E-state index is 0.257. The molecule has 0 saturated carbocycles. The fourth-order valence-corrected chi connectivity index (χ4v) is 1.54. The van der Waals surface area contributed by atoms with Crippen molar-refractivity contribution < 1.29 is 13.6 Å². The lowest BCUT2D eigenvalue weighted by Crippen LogP contribution is -2.33. The molecule has 0 bridgehead atoms. The first kappa shape index (κ1) is 12.9.